The number of ether oxygens (including phenoxy) is 1. The van der Waals surface area contributed by atoms with Gasteiger partial charge >= 0.3 is 5.97 Å². The molecule has 1 unspecified atom stereocenters. The summed E-state index contributed by atoms with van der Waals surface area (Å²) in [4.78, 5) is 11.8. The highest BCUT2D eigenvalue weighted by atomic mass is 28.4. The fraction of sp³-hybridized carbons (Fsp3) is 0.923. The van der Waals surface area contributed by atoms with Crippen molar-refractivity contribution in [1.82, 2.24) is 0 Å². The molecule has 0 heterocycles. The summed E-state index contributed by atoms with van der Waals surface area (Å²) < 4.78 is 11.5. The predicted molar refractivity (Wildman–Crippen MR) is 81.8 cm³/mol. The van der Waals surface area contributed by atoms with Crippen LogP contribution in [0.2, 0.25) is 38.8 Å². The molecule has 0 radical (unpaired) electrons. The second-order valence-electron chi connectivity index (χ2n) is 6.60. The standard InChI is InChI=1S/C13H30O3Si2/c1-8-9-10-15-13(14)12(2)11-18(6,7)16-17(3,4)5/h12H,8-11H2,1-7H3. The molecule has 0 saturated heterocycles. The van der Waals surface area contributed by atoms with E-state index >= 15 is 0 Å². The van der Waals surface area contributed by atoms with Crippen LogP contribution in [0.3, 0.4) is 0 Å². The van der Waals surface area contributed by atoms with Gasteiger partial charge in [-0.25, -0.2) is 0 Å². The number of unbranched alkanes of at least 4 members (excludes halogenated alkanes) is 1. The van der Waals surface area contributed by atoms with Crippen molar-refractivity contribution in [3.05, 3.63) is 0 Å². The Morgan fingerprint density at radius 1 is 1.17 bits per heavy atom. The summed E-state index contributed by atoms with van der Waals surface area (Å²) in [5, 5.41) is 0. The molecule has 1 atom stereocenters. The summed E-state index contributed by atoms with van der Waals surface area (Å²) in [6.07, 6.45) is 2.01. The molecule has 108 valence electrons. The van der Waals surface area contributed by atoms with Gasteiger partial charge < -0.3 is 8.85 Å². The molecule has 0 aliphatic heterocycles. The van der Waals surface area contributed by atoms with Crippen LogP contribution in [0, 0.1) is 5.92 Å². The largest absolute Gasteiger partial charge is 0.465 e. The van der Waals surface area contributed by atoms with Gasteiger partial charge in [0.25, 0.3) is 0 Å². The molecule has 0 aromatic rings. The minimum atomic E-state index is -1.75. The molecule has 0 amide bonds. The lowest BCUT2D eigenvalue weighted by atomic mass is 10.2. The molecule has 0 aliphatic rings. The van der Waals surface area contributed by atoms with E-state index in [9.17, 15) is 4.79 Å². The van der Waals surface area contributed by atoms with Crippen molar-refractivity contribution in [3.63, 3.8) is 0 Å². The van der Waals surface area contributed by atoms with Crippen LogP contribution < -0.4 is 0 Å². The summed E-state index contributed by atoms with van der Waals surface area (Å²) in [6.45, 7) is 15.6. The highest BCUT2D eigenvalue weighted by molar-refractivity contribution is 6.84. The van der Waals surface area contributed by atoms with E-state index in [1.54, 1.807) is 0 Å². The van der Waals surface area contributed by atoms with Gasteiger partial charge in [-0.1, -0.05) is 20.3 Å². The molecular weight excluding hydrogens is 260 g/mol. The van der Waals surface area contributed by atoms with E-state index in [4.69, 9.17) is 8.85 Å². The smallest absolute Gasteiger partial charge is 0.308 e. The van der Waals surface area contributed by atoms with Crippen LogP contribution in [-0.4, -0.2) is 29.2 Å². The molecule has 0 spiro atoms. The Hall–Kier alpha value is -0.136. The normalized spacial score (nSPS) is 14.4. The first-order chi connectivity index (χ1) is 8.07. The molecule has 18 heavy (non-hydrogen) atoms. The van der Waals surface area contributed by atoms with Crippen molar-refractivity contribution < 1.29 is 13.6 Å². The van der Waals surface area contributed by atoms with Crippen molar-refractivity contribution in [1.29, 1.82) is 0 Å². The first kappa shape index (κ1) is 17.9. The topological polar surface area (TPSA) is 35.5 Å². The number of hydrogen-bond donors (Lipinski definition) is 0. The quantitative estimate of drug-likeness (QED) is 0.385. The van der Waals surface area contributed by atoms with Crippen LogP contribution in [0.1, 0.15) is 26.7 Å². The Bertz CT molecular complexity index is 259. The van der Waals surface area contributed by atoms with E-state index in [-0.39, 0.29) is 11.9 Å². The molecular formula is C13H30O3Si2. The van der Waals surface area contributed by atoms with E-state index in [0.717, 1.165) is 18.9 Å². The average molecular weight is 291 g/mol. The van der Waals surface area contributed by atoms with Crippen LogP contribution in [0.4, 0.5) is 0 Å². The zero-order valence-corrected chi connectivity index (χ0v) is 15.1. The number of esters is 1. The molecule has 3 nitrogen and oxygen atoms in total. The zero-order chi connectivity index (χ0) is 14.4. The SMILES string of the molecule is CCCCOC(=O)C(C)C[Si](C)(C)O[Si](C)(C)C. The summed E-state index contributed by atoms with van der Waals surface area (Å²) in [6, 6.07) is 0.849. The molecule has 0 aliphatic carbocycles. The summed E-state index contributed by atoms with van der Waals surface area (Å²) in [5.74, 6) is -0.108. The molecule has 0 aromatic carbocycles. The van der Waals surface area contributed by atoms with Crippen LogP contribution in [0.25, 0.3) is 0 Å². The molecule has 0 N–H and O–H groups in total. The summed E-state index contributed by atoms with van der Waals surface area (Å²) >= 11 is 0. The maximum atomic E-state index is 11.8. The Kier molecular flexibility index (Phi) is 7.40. The second kappa shape index (κ2) is 7.45. The van der Waals surface area contributed by atoms with Gasteiger partial charge in [-0.05, 0) is 45.2 Å². The van der Waals surface area contributed by atoms with Crippen molar-refractivity contribution in [3.8, 4) is 0 Å². The minimum absolute atomic E-state index is 0.0418. The van der Waals surface area contributed by atoms with Gasteiger partial charge in [-0.15, -0.1) is 0 Å². The van der Waals surface area contributed by atoms with Gasteiger partial charge in [0.2, 0.25) is 0 Å². The maximum absolute atomic E-state index is 11.8. The Morgan fingerprint density at radius 3 is 2.17 bits per heavy atom. The highest BCUT2D eigenvalue weighted by Gasteiger charge is 2.33. The van der Waals surface area contributed by atoms with Gasteiger partial charge in [0, 0.05) is 0 Å². The van der Waals surface area contributed by atoms with Gasteiger partial charge in [-0.2, -0.15) is 0 Å². The average Bonchev–Trinajstić information content (AvgIpc) is 2.12. The van der Waals surface area contributed by atoms with Crippen molar-refractivity contribution >= 4 is 22.6 Å². The Labute approximate surface area is 115 Å². The Morgan fingerprint density at radius 2 is 1.72 bits per heavy atom. The molecule has 5 heteroatoms. The van der Waals surface area contributed by atoms with Crippen molar-refractivity contribution in [2.75, 3.05) is 6.61 Å². The fourth-order valence-corrected chi connectivity index (χ4v) is 10.8. The maximum Gasteiger partial charge on any atom is 0.308 e. The van der Waals surface area contributed by atoms with E-state index in [0.29, 0.717) is 6.61 Å². The summed E-state index contributed by atoms with van der Waals surface area (Å²) in [7, 11) is -3.27. The van der Waals surface area contributed by atoms with E-state index in [1.807, 2.05) is 6.92 Å². The first-order valence-corrected chi connectivity index (χ1v) is 13.5. The number of carbonyl (C=O) groups excluding carboxylic acids is 1. The number of hydrogen-bond acceptors (Lipinski definition) is 3. The second-order valence-corrected chi connectivity index (χ2v) is 15.6. The Balaban J connectivity index is 4.20. The molecule has 0 aromatic heterocycles. The lowest BCUT2D eigenvalue weighted by Gasteiger charge is -2.32. The third-order valence-corrected chi connectivity index (χ3v) is 8.78. The number of carbonyl (C=O) groups is 1. The van der Waals surface area contributed by atoms with Crippen LogP contribution >= 0.6 is 0 Å². The van der Waals surface area contributed by atoms with Crippen LogP contribution in [0.5, 0.6) is 0 Å². The van der Waals surface area contributed by atoms with Gasteiger partial charge in [0.05, 0.1) is 12.5 Å². The first-order valence-electron chi connectivity index (χ1n) is 6.94. The minimum Gasteiger partial charge on any atom is -0.465 e. The van der Waals surface area contributed by atoms with Crippen molar-refractivity contribution in [2.24, 2.45) is 5.92 Å². The summed E-state index contributed by atoms with van der Waals surface area (Å²) in [5.41, 5.74) is 0. The van der Waals surface area contributed by atoms with Gasteiger partial charge in [0.15, 0.2) is 16.6 Å². The predicted octanol–water partition coefficient (Wildman–Crippen LogP) is 4.02. The third kappa shape index (κ3) is 8.88. The van der Waals surface area contributed by atoms with E-state index < -0.39 is 16.6 Å². The van der Waals surface area contributed by atoms with Gasteiger partial charge in [0.1, 0.15) is 0 Å². The van der Waals surface area contributed by atoms with Crippen LogP contribution in [0.15, 0.2) is 0 Å². The molecule has 0 bridgehead atoms. The van der Waals surface area contributed by atoms with Crippen LogP contribution in [-0.2, 0) is 13.6 Å². The molecule has 0 fully saturated rings. The fourth-order valence-electron chi connectivity index (χ4n) is 2.15. The van der Waals surface area contributed by atoms with E-state index in [1.165, 1.54) is 0 Å². The van der Waals surface area contributed by atoms with E-state index in [2.05, 4.69) is 39.7 Å². The van der Waals surface area contributed by atoms with Crippen molar-refractivity contribution in [2.45, 2.75) is 65.5 Å². The highest BCUT2D eigenvalue weighted by Crippen LogP contribution is 2.23. The lowest BCUT2D eigenvalue weighted by Crippen LogP contribution is -2.44. The van der Waals surface area contributed by atoms with Gasteiger partial charge in [-0.3, -0.25) is 4.79 Å². The third-order valence-electron chi connectivity index (χ3n) is 2.52. The zero-order valence-electron chi connectivity index (χ0n) is 13.1. The molecule has 0 rings (SSSR count). The number of rotatable bonds is 8. The molecule has 0 saturated carbocycles. The monoisotopic (exact) mass is 290 g/mol. The lowest BCUT2D eigenvalue weighted by molar-refractivity contribution is -0.147.